The molecule has 0 bridgehead atoms. The number of nitrogens with zero attached hydrogens (tertiary/aromatic N) is 1. The molecule has 0 aliphatic carbocycles. The fourth-order valence-corrected chi connectivity index (χ4v) is 5.93. The number of halogens is 1. The van der Waals surface area contributed by atoms with E-state index >= 15 is 0 Å². The van der Waals surface area contributed by atoms with Crippen molar-refractivity contribution in [1.29, 1.82) is 0 Å². The molecule has 20 heavy (non-hydrogen) atoms. The molecule has 0 aliphatic heterocycles. The Morgan fingerprint density at radius 3 is 2.70 bits per heavy atom. The van der Waals surface area contributed by atoms with Gasteiger partial charge in [-0.3, -0.25) is 0 Å². The lowest BCUT2D eigenvalue weighted by Gasteiger charge is -2.14. The average molecular weight is 396 g/mol. The quantitative estimate of drug-likeness (QED) is 0.817. The van der Waals surface area contributed by atoms with Crippen molar-refractivity contribution in [2.75, 3.05) is 13.7 Å². The number of aliphatic hydroxyl groups excluding tert-OH is 1. The molecule has 0 radical (unpaired) electrons. The second-order valence-electron chi connectivity index (χ2n) is 4.19. The summed E-state index contributed by atoms with van der Waals surface area (Å²) < 4.78 is 27.5. The van der Waals surface area contributed by atoms with Crippen LogP contribution in [-0.2, 0) is 23.0 Å². The Kier molecular flexibility index (Phi) is 5.38. The smallest absolute Gasteiger partial charge is 0.252 e. The van der Waals surface area contributed by atoms with Crippen LogP contribution < -0.4 is 0 Å². The summed E-state index contributed by atoms with van der Waals surface area (Å²) in [6.45, 7) is 0.380. The first kappa shape index (κ1) is 16.1. The van der Waals surface area contributed by atoms with E-state index in [1.54, 1.807) is 19.2 Å². The van der Waals surface area contributed by atoms with Crippen LogP contribution in [0.2, 0.25) is 0 Å². The van der Waals surface area contributed by atoms with Gasteiger partial charge in [-0.1, -0.05) is 0 Å². The van der Waals surface area contributed by atoms with Gasteiger partial charge < -0.3 is 5.11 Å². The lowest BCUT2D eigenvalue weighted by molar-refractivity contribution is 0.300. The van der Waals surface area contributed by atoms with Crippen molar-refractivity contribution in [3.05, 3.63) is 37.8 Å². The van der Waals surface area contributed by atoms with Gasteiger partial charge in [0.25, 0.3) is 10.0 Å². The average Bonchev–Trinajstić information content (AvgIpc) is 2.99. The fraction of sp³-hybridized carbons (Fsp3) is 0.333. The van der Waals surface area contributed by atoms with Crippen LogP contribution in [0.5, 0.6) is 0 Å². The number of aliphatic hydroxyl groups is 1. The van der Waals surface area contributed by atoms with Gasteiger partial charge in [-0.05, 0) is 34.1 Å². The predicted molar refractivity (Wildman–Crippen MR) is 85.8 cm³/mol. The van der Waals surface area contributed by atoms with E-state index in [0.717, 1.165) is 14.2 Å². The molecule has 2 rings (SSSR count). The lowest BCUT2D eigenvalue weighted by Crippen LogP contribution is -2.25. The summed E-state index contributed by atoms with van der Waals surface area (Å²) in [4.78, 5) is 1.86. The van der Waals surface area contributed by atoms with Gasteiger partial charge in [0.05, 0.1) is 0 Å². The fourth-order valence-electron chi connectivity index (χ4n) is 1.64. The van der Waals surface area contributed by atoms with Gasteiger partial charge in [-0.25, -0.2) is 8.42 Å². The summed E-state index contributed by atoms with van der Waals surface area (Å²) in [5.74, 6) is 0. The summed E-state index contributed by atoms with van der Waals surface area (Å²) in [7, 11) is -1.89. The zero-order valence-electron chi connectivity index (χ0n) is 10.7. The normalized spacial score (nSPS) is 12.2. The first-order valence-corrected chi connectivity index (χ1v) is 9.75. The van der Waals surface area contributed by atoms with E-state index in [-0.39, 0.29) is 6.61 Å². The molecule has 4 nitrogen and oxygen atoms in total. The largest absolute Gasteiger partial charge is 0.396 e. The highest BCUT2D eigenvalue weighted by Crippen LogP contribution is 2.27. The Hall–Kier alpha value is -0.250. The van der Waals surface area contributed by atoms with Gasteiger partial charge in [0.15, 0.2) is 0 Å². The zero-order chi connectivity index (χ0) is 14.8. The van der Waals surface area contributed by atoms with Crippen LogP contribution in [-0.4, -0.2) is 31.5 Å². The van der Waals surface area contributed by atoms with E-state index < -0.39 is 10.0 Å². The second-order valence-corrected chi connectivity index (χ2v) is 9.54. The van der Waals surface area contributed by atoms with Crippen molar-refractivity contribution in [3.63, 3.8) is 0 Å². The van der Waals surface area contributed by atoms with Crippen LogP contribution in [0.4, 0.5) is 0 Å². The molecule has 2 aromatic heterocycles. The third-order valence-electron chi connectivity index (χ3n) is 2.66. The second kappa shape index (κ2) is 6.67. The third-order valence-corrected chi connectivity index (χ3v) is 7.76. The molecule has 0 spiro atoms. The van der Waals surface area contributed by atoms with Gasteiger partial charge in [0, 0.05) is 46.2 Å². The highest BCUT2D eigenvalue weighted by molar-refractivity contribution is 9.10. The van der Waals surface area contributed by atoms with E-state index in [9.17, 15) is 8.42 Å². The maximum absolute atomic E-state index is 12.4. The summed E-state index contributed by atoms with van der Waals surface area (Å²) in [6.07, 6.45) is 0.488. The minimum Gasteiger partial charge on any atom is -0.396 e. The molecular weight excluding hydrogens is 382 g/mol. The highest BCUT2D eigenvalue weighted by atomic mass is 79.9. The highest BCUT2D eigenvalue weighted by Gasteiger charge is 2.23. The van der Waals surface area contributed by atoms with Crippen molar-refractivity contribution < 1.29 is 13.5 Å². The topological polar surface area (TPSA) is 57.6 Å². The summed E-state index contributed by atoms with van der Waals surface area (Å²) in [5.41, 5.74) is 0. The maximum Gasteiger partial charge on any atom is 0.252 e. The van der Waals surface area contributed by atoms with Gasteiger partial charge in [-0.2, -0.15) is 4.31 Å². The van der Waals surface area contributed by atoms with E-state index in [2.05, 4.69) is 15.9 Å². The number of hydrogen-bond acceptors (Lipinski definition) is 5. The van der Waals surface area contributed by atoms with E-state index in [0.29, 0.717) is 17.2 Å². The SMILES string of the molecule is CN(Cc1cc(Br)cs1)S(=O)(=O)c1ccc(CCO)s1. The van der Waals surface area contributed by atoms with Crippen molar-refractivity contribution >= 4 is 48.6 Å². The first-order chi connectivity index (χ1) is 9.43. The van der Waals surface area contributed by atoms with Crippen molar-refractivity contribution in [1.82, 2.24) is 4.31 Å². The van der Waals surface area contributed by atoms with Gasteiger partial charge >= 0.3 is 0 Å². The molecule has 0 atom stereocenters. The van der Waals surface area contributed by atoms with Crippen LogP contribution >= 0.6 is 38.6 Å². The third kappa shape index (κ3) is 3.69. The Labute approximate surface area is 134 Å². The van der Waals surface area contributed by atoms with Crippen LogP contribution in [0, 0.1) is 0 Å². The van der Waals surface area contributed by atoms with E-state index in [1.165, 1.54) is 27.0 Å². The summed E-state index contributed by atoms with van der Waals surface area (Å²) >= 11 is 6.09. The van der Waals surface area contributed by atoms with Crippen LogP contribution in [0.15, 0.2) is 32.3 Å². The molecule has 2 aromatic rings. The van der Waals surface area contributed by atoms with Crippen LogP contribution in [0.3, 0.4) is 0 Å². The van der Waals surface area contributed by atoms with Crippen molar-refractivity contribution in [3.8, 4) is 0 Å². The molecule has 110 valence electrons. The summed E-state index contributed by atoms with van der Waals surface area (Å²) in [6, 6.07) is 5.28. The minimum atomic E-state index is -3.46. The van der Waals surface area contributed by atoms with Gasteiger partial charge in [0.1, 0.15) is 4.21 Å². The number of hydrogen-bond donors (Lipinski definition) is 1. The molecule has 0 aromatic carbocycles. The number of thiophene rings is 2. The lowest BCUT2D eigenvalue weighted by atomic mass is 10.4. The molecule has 8 heteroatoms. The van der Waals surface area contributed by atoms with Gasteiger partial charge in [0.2, 0.25) is 0 Å². The molecule has 0 saturated carbocycles. The maximum atomic E-state index is 12.4. The molecule has 0 saturated heterocycles. The Morgan fingerprint density at radius 1 is 1.35 bits per heavy atom. The Morgan fingerprint density at radius 2 is 2.10 bits per heavy atom. The van der Waals surface area contributed by atoms with Crippen molar-refractivity contribution in [2.45, 2.75) is 17.2 Å². The monoisotopic (exact) mass is 395 g/mol. The summed E-state index contributed by atoms with van der Waals surface area (Å²) in [5, 5.41) is 10.8. The Bertz CT molecular complexity index is 678. The standard InChI is InChI=1S/C12H14BrNO3S3/c1-14(7-11-6-9(13)8-18-11)20(16,17)12-3-2-10(19-12)4-5-15/h2-3,6,8,15H,4-5,7H2,1H3. The number of sulfonamides is 1. The molecule has 0 aliphatic rings. The van der Waals surface area contributed by atoms with E-state index in [1.807, 2.05) is 11.4 Å². The zero-order valence-corrected chi connectivity index (χ0v) is 14.8. The van der Waals surface area contributed by atoms with Crippen LogP contribution in [0.1, 0.15) is 9.75 Å². The first-order valence-electron chi connectivity index (χ1n) is 5.82. The predicted octanol–water partition coefficient (Wildman–Crippen LogP) is 2.93. The number of rotatable bonds is 6. The molecule has 0 amide bonds. The molecule has 0 fully saturated rings. The molecule has 2 heterocycles. The minimum absolute atomic E-state index is 0.0268. The van der Waals surface area contributed by atoms with E-state index in [4.69, 9.17) is 5.11 Å². The van der Waals surface area contributed by atoms with Crippen molar-refractivity contribution in [2.24, 2.45) is 0 Å². The molecule has 1 N–H and O–H groups in total. The molecular formula is C12H14BrNO3S3. The Balaban J connectivity index is 2.15. The van der Waals surface area contributed by atoms with Crippen LogP contribution in [0.25, 0.3) is 0 Å². The van der Waals surface area contributed by atoms with Gasteiger partial charge in [-0.15, -0.1) is 22.7 Å². The molecule has 0 unspecified atom stereocenters.